The first-order valence-corrected chi connectivity index (χ1v) is 6.45. The Bertz CT molecular complexity index is 786. The second-order valence-corrected chi connectivity index (χ2v) is 5.14. The summed E-state index contributed by atoms with van der Waals surface area (Å²) in [6.07, 6.45) is 0. The average molecular weight is 286 g/mol. The minimum absolute atomic E-state index is 0.298. The van der Waals surface area contributed by atoms with Gasteiger partial charge in [-0.1, -0.05) is 35.9 Å². The number of benzene rings is 2. The lowest BCUT2D eigenvalue weighted by atomic mass is 9.96. The number of amides is 1. The summed E-state index contributed by atoms with van der Waals surface area (Å²) < 4.78 is 5.78. The molecule has 20 heavy (non-hydrogen) atoms. The van der Waals surface area contributed by atoms with Crippen LogP contribution >= 0.6 is 11.6 Å². The highest BCUT2D eigenvalue weighted by atomic mass is 35.5. The van der Waals surface area contributed by atoms with Gasteiger partial charge in [0, 0.05) is 11.1 Å². The van der Waals surface area contributed by atoms with Crippen LogP contribution in [0.3, 0.4) is 0 Å². The maximum atomic E-state index is 12.7. The molecule has 0 radical (unpaired) electrons. The van der Waals surface area contributed by atoms with E-state index in [4.69, 9.17) is 16.3 Å². The topological polar surface area (TPSA) is 55.4 Å². The van der Waals surface area contributed by atoms with Crippen molar-refractivity contribution >= 4 is 23.3 Å². The number of carbonyl (C=O) groups excluding carboxylic acids is 2. The molecule has 1 N–H and O–H groups in total. The van der Waals surface area contributed by atoms with Gasteiger partial charge in [-0.15, -0.1) is 0 Å². The van der Waals surface area contributed by atoms with E-state index >= 15 is 0 Å². The largest absolute Gasteiger partial charge is 0.454 e. The number of fused-ring (bicyclic) bond motifs is 3. The normalized spacial score (nSPS) is 22.4. The van der Waals surface area contributed by atoms with Gasteiger partial charge in [0.15, 0.2) is 5.75 Å². The minimum Gasteiger partial charge on any atom is -0.454 e. The first-order chi connectivity index (χ1) is 9.63. The van der Waals surface area contributed by atoms with Crippen molar-refractivity contribution in [3.8, 4) is 5.75 Å². The first kappa shape index (κ1) is 11.5. The van der Waals surface area contributed by atoms with E-state index in [9.17, 15) is 9.59 Å². The molecule has 4 rings (SSSR count). The molecule has 0 saturated carbocycles. The number of nitrogens with one attached hydrogen (secondary N) is 1. The molecule has 0 fully saturated rings. The van der Waals surface area contributed by atoms with Crippen molar-refractivity contribution in [3.05, 3.63) is 64.2 Å². The minimum atomic E-state index is -1.47. The van der Waals surface area contributed by atoms with Crippen molar-refractivity contribution in [2.24, 2.45) is 0 Å². The molecule has 0 saturated heterocycles. The number of ketones is 1. The second-order valence-electron chi connectivity index (χ2n) is 4.73. The number of carbonyl (C=O) groups is 2. The van der Waals surface area contributed by atoms with Crippen LogP contribution in [0.25, 0.3) is 0 Å². The number of Topliss-reactive ketones (excluding diaryl/α,β-unsaturated/α-hetero) is 1. The highest BCUT2D eigenvalue weighted by molar-refractivity contribution is 6.33. The second kappa shape index (κ2) is 3.61. The van der Waals surface area contributed by atoms with Gasteiger partial charge in [0.25, 0.3) is 11.6 Å². The molecule has 2 aromatic carbocycles. The monoisotopic (exact) mass is 285 g/mol. The predicted octanol–water partition coefficient (Wildman–Crippen LogP) is 2.51. The summed E-state index contributed by atoms with van der Waals surface area (Å²) >= 11 is 6.07. The Hall–Kier alpha value is -2.33. The van der Waals surface area contributed by atoms with Crippen LogP contribution in [0.5, 0.6) is 5.75 Å². The van der Waals surface area contributed by atoms with Gasteiger partial charge in [-0.3, -0.25) is 9.59 Å². The van der Waals surface area contributed by atoms with Crippen LogP contribution < -0.4 is 10.1 Å². The molecule has 0 aromatic heterocycles. The Morgan fingerprint density at radius 3 is 2.55 bits per heavy atom. The Kier molecular flexibility index (Phi) is 2.07. The van der Waals surface area contributed by atoms with Crippen LogP contribution in [0.4, 0.5) is 0 Å². The van der Waals surface area contributed by atoms with E-state index in [2.05, 4.69) is 5.32 Å². The molecular weight excluding hydrogens is 278 g/mol. The fourth-order valence-corrected chi connectivity index (χ4v) is 2.94. The maximum Gasteiger partial charge on any atom is 0.274 e. The van der Waals surface area contributed by atoms with Gasteiger partial charge in [-0.2, -0.15) is 0 Å². The number of hydrogen-bond donors (Lipinski definition) is 1. The summed E-state index contributed by atoms with van der Waals surface area (Å²) in [5.41, 5.74) is -0.109. The van der Waals surface area contributed by atoms with Crippen molar-refractivity contribution in [1.29, 1.82) is 0 Å². The van der Waals surface area contributed by atoms with Crippen LogP contribution in [0.1, 0.15) is 26.3 Å². The summed E-state index contributed by atoms with van der Waals surface area (Å²) in [6, 6.07) is 11.9. The lowest BCUT2D eigenvalue weighted by Crippen LogP contribution is -2.47. The van der Waals surface area contributed by atoms with Gasteiger partial charge in [0.2, 0.25) is 5.78 Å². The van der Waals surface area contributed by atoms with Crippen LogP contribution in [0.15, 0.2) is 42.5 Å². The van der Waals surface area contributed by atoms with Crippen LogP contribution in [0, 0.1) is 0 Å². The van der Waals surface area contributed by atoms with E-state index in [-0.39, 0.29) is 11.7 Å². The van der Waals surface area contributed by atoms with Crippen LogP contribution in [-0.4, -0.2) is 11.7 Å². The van der Waals surface area contributed by atoms with E-state index in [0.717, 1.165) is 0 Å². The molecule has 1 amide bonds. The molecular formula is C15H8ClNO3. The molecule has 2 aliphatic heterocycles. The third-order valence-electron chi connectivity index (χ3n) is 3.63. The van der Waals surface area contributed by atoms with E-state index in [1.165, 1.54) is 0 Å². The molecule has 1 spiro atoms. The number of hydrogen-bond acceptors (Lipinski definition) is 3. The smallest absolute Gasteiger partial charge is 0.274 e. The van der Waals surface area contributed by atoms with Gasteiger partial charge in [0.1, 0.15) is 0 Å². The lowest BCUT2D eigenvalue weighted by molar-refractivity contribution is 0.0414. The zero-order valence-corrected chi connectivity index (χ0v) is 10.9. The molecule has 1 atom stereocenters. The summed E-state index contributed by atoms with van der Waals surface area (Å²) in [6.45, 7) is 0. The van der Waals surface area contributed by atoms with Crippen LogP contribution in [-0.2, 0) is 5.72 Å². The molecule has 1 unspecified atom stereocenters. The molecule has 0 aliphatic carbocycles. The summed E-state index contributed by atoms with van der Waals surface area (Å²) in [5, 5.41) is 3.00. The molecule has 5 heteroatoms. The number of ether oxygens (including phenoxy) is 1. The van der Waals surface area contributed by atoms with E-state index < -0.39 is 5.72 Å². The number of para-hydroxylation sites is 1. The summed E-state index contributed by atoms with van der Waals surface area (Å²) in [4.78, 5) is 24.7. The fourth-order valence-electron chi connectivity index (χ4n) is 2.72. The van der Waals surface area contributed by atoms with E-state index in [1.54, 1.807) is 42.5 Å². The zero-order valence-electron chi connectivity index (χ0n) is 10.1. The maximum absolute atomic E-state index is 12.7. The van der Waals surface area contributed by atoms with Crippen LogP contribution in [0.2, 0.25) is 5.02 Å². The quantitative estimate of drug-likeness (QED) is 0.809. The molecule has 4 nitrogen and oxygen atoms in total. The number of rotatable bonds is 0. The molecule has 2 aliphatic rings. The summed E-state index contributed by atoms with van der Waals surface area (Å²) in [5.74, 6) is -0.303. The van der Waals surface area contributed by atoms with Gasteiger partial charge in [0.05, 0.1) is 10.6 Å². The van der Waals surface area contributed by atoms with Gasteiger partial charge in [-0.05, 0) is 18.2 Å². The first-order valence-electron chi connectivity index (χ1n) is 6.08. The Morgan fingerprint density at radius 2 is 1.75 bits per heavy atom. The Morgan fingerprint density at radius 1 is 1.00 bits per heavy atom. The molecule has 2 heterocycles. The highest BCUT2D eigenvalue weighted by Crippen LogP contribution is 2.46. The highest BCUT2D eigenvalue weighted by Gasteiger charge is 2.56. The van der Waals surface area contributed by atoms with Crippen molar-refractivity contribution in [2.75, 3.05) is 0 Å². The molecule has 0 bridgehead atoms. The SMILES string of the molecule is O=C1NC2(Oc3c(Cl)cccc3C2=O)c2ccccc21. The van der Waals surface area contributed by atoms with Gasteiger partial charge >= 0.3 is 0 Å². The standard InChI is InChI=1S/C15H8ClNO3/c16-11-7-3-5-9-12(11)20-15(13(9)18)10-6-2-1-4-8(10)14(19)17-15/h1-7H,(H,17,19). The van der Waals surface area contributed by atoms with Gasteiger partial charge < -0.3 is 10.1 Å². The lowest BCUT2D eigenvalue weighted by Gasteiger charge is -2.22. The van der Waals surface area contributed by atoms with Crippen molar-refractivity contribution in [2.45, 2.75) is 5.72 Å². The Balaban J connectivity index is 1.97. The molecule has 2 aromatic rings. The van der Waals surface area contributed by atoms with E-state index in [0.29, 0.717) is 27.5 Å². The third kappa shape index (κ3) is 1.22. The van der Waals surface area contributed by atoms with Crippen molar-refractivity contribution in [3.63, 3.8) is 0 Å². The molecule has 98 valence electrons. The predicted molar refractivity (Wildman–Crippen MR) is 72.0 cm³/mol. The van der Waals surface area contributed by atoms with Crippen molar-refractivity contribution in [1.82, 2.24) is 5.32 Å². The Labute approximate surface area is 119 Å². The fraction of sp³-hybridized carbons (Fsp3) is 0.0667. The average Bonchev–Trinajstić information content (AvgIpc) is 2.90. The third-order valence-corrected chi connectivity index (χ3v) is 3.92. The number of halogens is 1. The van der Waals surface area contributed by atoms with E-state index in [1.807, 2.05) is 0 Å². The zero-order chi connectivity index (χ0) is 13.9. The van der Waals surface area contributed by atoms with Crippen molar-refractivity contribution < 1.29 is 14.3 Å². The van der Waals surface area contributed by atoms with Gasteiger partial charge in [-0.25, -0.2) is 0 Å². The summed E-state index contributed by atoms with van der Waals surface area (Å²) in [7, 11) is 0.